The zero-order chi connectivity index (χ0) is 16.4. The van der Waals surface area contributed by atoms with Crippen LogP contribution in [0.3, 0.4) is 0 Å². The molecule has 1 rings (SSSR count). The minimum Gasteiger partial charge on any atom is -0.496 e. The lowest BCUT2D eigenvalue weighted by Gasteiger charge is -2.27. The fraction of sp³-hybridized carbons (Fsp3) is 0.500. The Hall–Kier alpha value is -1.60. The zero-order valence-electron chi connectivity index (χ0n) is 12.8. The van der Waals surface area contributed by atoms with E-state index in [0.717, 1.165) is 0 Å². The van der Waals surface area contributed by atoms with E-state index in [4.69, 9.17) is 4.74 Å². The zero-order valence-corrected chi connectivity index (χ0v) is 13.6. The van der Waals surface area contributed by atoms with Crippen molar-refractivity contribution in [2.24, 2.45) is 5.41 Å². The minimum atomic E-state index is -3.92. The Morgan fingerprint density at radius 2 is 1.90 bits per heavy atom. The number of ether oxygens (including phenoxy) is 1. The van der Waals surface area contributed by atoms with E-state index in [-0.39, 0.29) is 4.90 Å². The van der Waals surface area contributed by atoms with Crippen LogP contribution < -0.4 is 9.46 Å². The number of carboxylic acid groups (broad SMARTS) is 1. The number of carboxylic acids is 1. The SMILES string of the molecule is COc1ccc(S(=O)(=O)N[C@@H](C(=O)O)C(C)(C)C)cc1C. The molecule has 7 heteroatoms. The summed E-state index contributed by atoms with van der Waals surface area (Å²) in [6, 6.07) is 3.15. The van der Waals surface area contributed by atoms with Crippen LogP contribution in [0.1, 0.15) is 26.3 Å². The average molecular weight is 315 g/mol. The van der Waals surface area contributed by atoms with Gasteiger partial charge in [-0.15, -0.1) is 0 Å². The maximum Gasteiger partial charge on any atom is 0.322 e. The topological polar surface area (TPSA) is 92.7 Å². The van der Waals surface area contributed by atoms with E-state index in [2.05, 4.69) is 4.72 Å². The first kappa shape index (κ1) is 17.5. The number of aliphatic carboxylic acids is 1. The first-order valence-corrected chi connectivity index (χ1v) is 7.87. The molecule has 6 nitrogen and oxygen atoms in total. The highest BCUT2D eigenvalue weighted by atomic mass is 32.2. The summed E-state index contributed by atoms with van der Waals surface area (Å²) in [5.41, 5.74) is -0.0940. The molecule has 0 spiro atoms. The number of sulfonamides is 1. The molecule has 0 unspecified atom stereocenters. The second-order valence-electron chi connectivity index (χ2n) is 5.89. The molecule has 0 saturated heterocycles. The van der Waals surface area contributed by atoms with Crippen molar-refractivity contribution in [1.82, 2.24) is 4.72 Å². The lowest BCUT2D eigenvalue weighted by atomic mass is 9.88. The highest BCUT2D eigenvalue weighted by molar-refractivity contribution is 7.89. The Kier molecular flexibility index (Phi) is 5.01. The van der Waals surface area contributed by atoms with Gasteiger partial charge in [0.15, 0.2) is 0 Å². The minimum absolute atomic E-state index is 0.0105. The van der Waals surface area contributed by atoms with Crippen molar-refractivity contribution >= 4 is 16.0 Å². The van der Waals surface area contributed by atoms with Crippen LogP contribution in [0, 0.1) is 12.3 Å². The van der Waals surface area contributed by atoms with E-state index >= 15 is 0 Å². The first-order valence-electron chi connectivity index (χ1n) is 6.39. The van der Waals surface area contributed by atoms with Gasteiger partial charge in [0.25, 0.3) is 0 Å². The van der Waals surface area contributed by atoms with Crippen LogP contribution in [0.25, 0.3) is 0 Å². The molecule has 1 atom stereocenters. The lowest BCUT2D eigenvalue weighted by Crippen LogP contribution is -2.48. The molecular weight excluding hydrogens is 294 g/mol. The summed E-state index contributed by atoms with van der Waals surface area (Å²) in [4.78, 5) is 11.3. The van der Waals surface area contributed by atoms with Gasteiger partial charge < -0.3 is 9.84 Å². The highest BCUT2D eigenvalue weighted by Gasteiger charge is 2.35. The Labute approximate surface area is 125 Å². The number of aryl methyl sites for hydroxylation is 1. The van der Waals surface area contributed by atoms with Crippen molar-refractivity contribution in [2.75, 3.05) is 7.11 Å². The molecule has 0 heterocycles. The van der Waals surface area contributed by atoms with E-state index in [0.29, 0.717) is 11.3 Å². The Morgan fingerprint density at radius 1 is 1.33 bits per heavy atom. The van der Waals surface area contributed by atoms with E-state index in [1.165, 1.54) is 25.3 Å². The predicted molar refractivity (Wildman–Crippen MR) is 78.9 cm³/mol. The second-order valence-corrected chi connectivity index (χ2v) is 7.60. The van der Waals surface area contributed by atoms with Gasteiger partial charge in [-0.1, -0.05) is 20.8 Å². The van der Waals surface area contributed by atoms with Crippen molar-refractivity contribution in [2.45, 2.75) is 38.6 Å². The van der Waals surface area contributed by atoms with Gasteiger partial charge in [-0.3, -0.25) is 4.79 Å². The molecule has 0 aromatic heterocycles. The number of methoxy groups -OCH3 is 1. The predicted octanol–water partition coefficient (Wildman–Crippen LogP) is 1.78. The van der Waals surface area contributed by atoms with Crippen molar-refractivity contribution in [3.8, 4) is 5.75 Å². The van der Waals surface area contributed by atoms with Gasteiger partial charge in [0.05, 0.1) is 12.0 Å². The van der Waals surface area contributed by atoms with Crippen molar-refractivity contribution < 1.29 is 23.1 Å². The third-order valence-electron chi connectivity index (χ3n) is 3.06. The lowest BCUT2D eigenvalue weighted by molar-refractivity contribution is -0.141. The number of rotatable bonds is 5. The molecule has 1 aromatic carbocycles. The quantitative estimate of drug-likeness (QED) is 0.864. The maximum absolute atomic E-state index is 12.3. The smallest absolute Gasteiger partial charge is 0.322 e. The Bertz CT molecular complexity index is 631. The van der Waals surface area contributed by atoms with Gasteiger partial charge in [0, 0.05) is 0 Å². The molecular formula is C14H21NO5S. The standard InChI is InChI=1S/C14H21NO5S/c1-9-8-10(6-7-11(9)20-5)21(18,19)15-12(13(16)17)14(2,3)4/h6-8,12,15H,1-5H3,(H,16,17)/t12-/m0/s1. The van der Waals surface area contributed by atoms with Crippen LogP contribution in [0.4, 0.5) is 0 Å². The van der Waals surface area contributed by atoms with E-state index in [1.54, 1.807) is 27.7 Å². The van der Waals surface area contributed by atoms with Gasteiger partial charge in [0.1, 0.15) is 11.8 Å². The van der Waals surface area contributed by atoms with E-state index < -0.39 is 27.4 Å². The summed E-state index contributed by atoms with van der Waals surface area (Å²) < 4.78 is 32.0. The first-order chi connectivity index (χ1) is 9.49. The van der Waals surface area contributed by atoms with Crippen LogP contribution in [0.15, 0.2) is 23.1 Å². The summed E-state index contributed by atoms with van der Waals surface area (Å²) in [6.07, 6.45) is 0. The van der Waals surface area contributed by atoms with Crippen molar-refractivity contribution in [3.05, 3.63) is 23.8 Å². The van der Waals surface area contributed by atoms with E-state index in [9.17, 15) is 18.3 Å². The van der Waals surface area contributed by atoms with Crippen LogP contribution >= 0.6 is 0 Å². The Balaban J connectivity index is 3.17. The van der Waals surface area contributed by atoms with Crippen molar-refractivity contribution in [3.63, 3.8) is 0 Å². The molecule has 0 fully saturated rings. The number of hydrogen-bond acceptors (Lipinski definition) is 4. The van der Waals surface area contributed by atoms with Crippen LogP contribution in [0.5, 0.6) is 5.75 Å². The number of carbonyl (C=O) groups is 1. The highest BCUT2D eigenvalue weighted by Crippen LogP contribution is 2.24. The molecule has 21 heavy (non-hydrogen) atoms. The summed E-state index contributed by atoms with van der Waals surface area (Å²) in [5, 5.41) is 9.21. The number of nitrogens with one attached hydrogen (secondary N) is 1. The molecule has 0 saturated carbocycles. The Morgan fingerprint density at radius 3 is 2.29 bits per heavy atom. The van der Waals surface area contributed by atoms with Gasteiger partial charge in [0.2, 0.25) is 10.0 Å². The number of benzene rings is 1. The van der Waals surface area contributed by atoms with Crippen LogP contribution in [-0.2, 0) is 14.8 Å². The van der Waals surface area contributed by atoms with E-state index in [1.807, 2.05) is 0 Å². The number of hydrogen-bond donors (Lipinski definition) is 2. The summed E-state index contributed by atoms with van der Waals surface area (Å²) in [7, 11) is -2.43. The maximum atomic E-state index is 12.3. The fourth-order valence-corrected chi connectivity index (χ4v) is 3.32. The molecule has 118 valence electrons. The van der Waals surface area contributed by atoms with Gasteiger partial charge >= 0.3 is 5.97 Å². The van der Waals surface area contributed by atoms with Gasteiger partial charge in [-0.25, -0.2) is 8.42 Å². The third kappa shape index (κ3) is 4.18. The summed E-state index contributed by atoms with van der Waals surface area (Å²) in [6.45, 7) is 6.70. The van der Waals surface area contributed by atoms with Crippen LogP contribution in [-0.4, -0.2) is 32.6 Å². The monoisotopic (exact) mass is 315 g/mol. The average Bonchev–Trinajstić information content (AvgIpc) is 2.34. The molecule has 2 N–H and O–H groups in total. The van der Waals surface area contributed by atoms with Gasteiger partial charge in [-0.05, 0) is 36.1 Å². The molecule has 0 radical (unpaired) electrons. The molecule has 1 aromatic rings. The normalized spacial score (nSPS) is 13.8. The van der Waals surface area contributed by atoms with Crippen molar-refractivity contribution in [1.29, 1.82) is 0 Å². The largest absolute Gasteiger partial charge is 0.496 e. The molecule has 0 aliphatic rings. The van der Waals surface area contributed by atoms with Gasteiger partial charge in [-0.2, -0.15) is 4.72 Å². The summed E-state index contributed by atoms with van der Waals surface area (Å²) in [5.74, 6) is -0.643. The molecule has 0 amide bonds. The summed E-state index contributed by atoms with van der Waals surface area (Å²) >= 11 is 0. The molecule has 0 bridgehead atoms. The fourth-order valence-electron chi connectivity index (χ4n) is 1.84. The molecule has 0 aliphatic carbocycles. The van der Waals surface area contributed by atoms with Crippen LogP contribution in [0.2, 0.25) is 0 Å². The third-order valence-corrected chi connectivity index (χ3v) is 4.48. The molecule has 0 aliphatic heterocycles. The second kappa shape index (κ2) is 6.03.